The fourth-order valence-corrected chi connectivity index (χ4v) is 1.29. The zero-order chi connectivity index (χ0) is 10.1. The smallest absolute Gasteiger partial charge is 0.0551 e. The van der Waals surface area contributed by atoms with E-state index in [-0.39, 0.29) is 25.4 Å². The lowest BCUT2D eigenvalue weighted by molar-refractivity contribution is -0.00551. The van der Waals surface area contributed by atoms with Crippen LogP contribution < -0.4 is 0 Å². The van der Waals surface area contributed by atoms with Gasteiger partial charge >= 0.3 is 0 Å². The fraction of sp³-hybridized carbons (Fsp3) is 1.00. The van der Waals surface area contributed by atoms with E-state index in [0.717, 1.165) is 25.7 Å². The van der Waals surface area contributed by atoms with Gasteiger partial charge in [0.1, 0.15) is 0 Å². The number of ether oxygens (including phenoxy) is 1. The predicted octanol–water partition coefficient (Wildman–Crippen LogP) is 1.32. The van der Waals surface area contributed by atoms with Gasteiger partial charge in [-0.2, -0.15) is 0 Å². The molecule has 0 saturated carbocycles. The molecular weight excluding hydrogens is 168 g/mol. The van der Waals surface area contributed by atoms with Crippen LogP contribution in [0.1, 0.15) is 39.5 Å². The summed E-state index contributed by atoms with van der Waals surface area (Å²) >= 11 is 0. The van der Waals surface area contributed by atoms with Crippen LogP contribution >= 0.6 is 0 Å². The molecule has 0 radical (unpaired) electrons. The maximum Gasteiger partial charge on any atom is 0.0551 e. The highest BCUT2D eigenvalue weighted by Crippen LogP contribution is 2.08. The summed E-state index contributed by atoms with van der Waals surface area (Å²) in [6.45, 7) is 4.51. The molecule has 0 aliphatic rings. The van der Waals surface area contributed by atoms with E-state index in [1.54, 1.807) is 0 Å². The van der Waals surface area contributed by atoms with Gasteiger partial charge in [0.2, 0.25) is 0 Å². The summed E-state index contributed by atoms with van der Waals surface area (Å²) in [6, 6.07) is 0. The number of rotatable bonds is 8. The van der Waals surface area contributed by atoms with E-state index < -0.39 is 0 Å². The van der Waals surface area contributed by atoms with Crippen molar-refractivity contribution in [3.8, 4) is 0 Å². The Kier molecular flexibility index (Phi) is 8.40. The van der Waals surface area contributed by atoms with Crippen LogP contribution in [-0.2, 0) is 4.74 Å². The molecule has 0 rings (SSSR count). The van der Waals surface area contributed by atoms with Gasteiger partial charge in [0.25, 0.3) is 0 Å². The van der Waals surface area contributed by atoms with Crippen molar-refractivity contribution in [1.29, 1.82) is 0 Å². The Balaban J connectivity index is 3.35. The van der Waals surface area contributed by atoms with Crippen LogP contribution in [0.4, 0.5) is 0 Å². The molecule has 3 nitrogen and oxygen atoms in total. The molecule has 13 heavy (non-hydrogen) atoms. The number of aliphatic hydroxyl groups excluding tert-OH is 2. The monoisotopic (exact) mass is 190 g/mol. The Morgan fingerprint density at radius 2 is 1.31 bits per heavy atom. The highest BCUT2D eigenvalue weighted by molar-refractivity contribution is 4.56. The molecule has 0 amide bonds. The molecule has 3 heteroatoms. The van der Waals surface area contributed by atoms with E-state index in [2.05, 4.69) is 0 Å². The van der Waals surface area contributed by atoms with Crippen LogP contribution in [0.15, 0.2) is 0 Å². The molecule has 0 aromatic rings. The van der Waals surface area contributed by atoms with Crippen LogP contribution in [0.25, 0.3) is 0 Å². The molecule has 0 aromatic heterocycles. The normalized spacial score (nSPS) is 15.7. The van der Waals surface area contributed by atoms with Gasteiger partial charge in [0.15, 0.2) is 0 Å². The average molecular weight is 190 g/mol. The second kappa shape index (κ2) is 8.48. The lowest BCUT2D eigenvalue weighted by Gasteiger charge is -2.18. The molecular formula is C10H22O3. The van der Waals surface area contributed by atoms with E-state index >= 15 is 0 Å². The summed E-state index contributed by atoms with van der Waals surface area (Å²) in [6.07, 6.45) is 3.82. The van der Waals surface area contributed by atoms with E-state index in [0.29, 0.717) is 0 Å². The van der Waals surface area contributed by atoms with Crippen molar-refractivity contribution in [3.63, 3.8) is 0 Å². The summed E-state index contributed by atoms with van der Waals surface area (Å²) in [5, 5.41) is 17.2. The van der Waals surface area contributed by atoms with Crippen molar-refractivity contribution >= 4 is 0 Å². The molecule has 80 valence electrons. The molecule has 0 aliphatic carbocycles. The van der Waals surface area contributed by atoms with E-state index in [1.807, 2.05) is 13.8 Å². The van der Waals surface area contributed by atoms with Gasteiger partial charge < -0.3 is 14.9 Å². The van der Waals surface area contributed by atoms with Gasteiger partial charge in [-0.05, 0) is 39.5 Å². The van der Waals surface area contributed by atoms with Crippen LogP contribution in [-0.4, -0.2) is 35.6 Å². The minimum Gasteiger partial charge on any atom is -0.396 e. The Bertz CT molecular complexity index is 94.3. The SMILES string of the molecule is CC(CCCO)OC(C)CCCO. The van der Waals surface area contributed by atoms with Crippen molar-refractivity contribution in [2.75, 3.05) is 13.2 Å². The Labute approximate surface area is 80.7 Å². The van der Waals surface area contributed by atoms with Crippen molar-refractivity contribution in [3.05, 3.63) is 0 Å². The molecule has 2 N–H and O–H groups in total. The molecule has 0 spiro atoms. The molecule has 0 aromatic carbocycles. The molecule has 0 bridgehead atoms. The molecule has 2 atom stereocenters. The first-order valence-corrected chi connectivity index (χ1v) is 5.08. The number of hydrogen-bond donors (Lipinski definition) is 2. The topological polar surface area (TPSA) is 49.7 Å². The van der Waals surface area contributed by atoms with Crippen LogP contribution in [0.3, 0.4) is 0 Å². The first kappa shape index (κ1) is 12.9. The summed E-state index contributed by atoms with van der Waals surface area (Å²) in [7, 11) is 0. The molecule has 0 fully saturated rings. The second-order valence-electron chi connectivity index (χ2n) is 3.49. The molecule has 2 unspecified atom stereocenters. The van der Waals surface area contributed by atoms with Gasteiger partial charge in [0, 0.05) is 13.2 Å². The Morgan fingerprint density at radius 1 is 0.923 bits per heavy atom. The first-order valence-electron chi connectivity index (χ1n) is 5.08. The Morgan fingerprint density at radius 3 is 1.62 bits per heavy atom. The lowest BCUT2D eigenvalue weighted by atomic mass is 10.2. The molecule has 0 heterocycles. The van der Waals surface area contributed by atoms with E-state index in [9.17, 15) is 0 Å². The molecule has 0 saturated heterocycles. The standard InChI is InChI=1S/C10H22O3/c1-9(5-3-7-11)13-10(2)6-4-8-12/h9-12H,3-8H2,1-2H3. The van der Waals surface area contributed by atoms with Crippen LogP contribution in [0.2, 0.25) is 0 Å². The van der Waals surface area contributed by atoms with Crippen molar-refractivity contribution in [2.24, 2.45) is 0 Å². The third-order valence-corrected chi connectivity index (χ3v) is 2.00. The highest BCUT2D eigenvalue weighted by Gasteiger charge is 2.07. The highest BCUT2D eigenvalue weighted by atomic mass is 16.5. The summed E-state index contributed by atoms with van der Waals surface area (Å²) in [4.78, 5) is 0. The van der Waals surface area contributed by atoms with Gasteiger partial charge in [0.05, 0.1) is 12.2 Å². The van der Waals surface area contributed by atoms with Gasteiger partial charge in [-0.15, -0.1) is 0 Å². The maximum absolute atomic E-state index is 8.60. The summed E-state index contributed by atoms with van der Waals surface area (Å²) in [5.74, 6) is 0. The Hall–Kier alpha value is -0.120. The van der Waals surface area contributed by atoms with Gasteiger partial charge in [-0.1, -0.05) is 0 Å². The third-order valence-electron chi connectivity index (χ3n) is 2.00. The quantitative estimate of drug-likeness (QED) is 0.607. The lowest BCUT2D eigenvalue weighted by Crippen LogP contribution is -2.17. The zero-order valence-corrected chi connectivity index (χ0v) is 8.70. The molecule has 0 aliphatic heterocycles. The van der Waals surface area contributed by atoms with Crippen molar-refractivity contribution < 1.29 is 14.9 Å². The third kappa shape index (κ3) is 8.22. The van der Waals surface area contributed by atoms with E-state index in [1.165, 1.54) is 0 Å². The van der Waals surface area contributed by atoms with Crippen LogP contribution in [0.5, 0.6) is 0 Å². The minimum absolute atomic E-state index is 0.209. The van der Waals surface area contributed by atoms with Crippen LogP contribution in [0, 0.1) is 0 Å². The fourth-order valence-electron chi connectivity index (χ4n) is 1.29. The average Bonchev–Trinajstić information content (AvgIpc) is 2.11. The summed E-state index contributed by atoms with van der Waals surface area (Å²) < 4.78 is 5.63. The summed E-state index contributed by atoms with van der Waals surface area (Å²) in [5.41, 5.74) is 0. The van der Waals surface area contributed by atoms with E-state index in [4.69, 9.17) is 14.9 Å². The first-order chi connectivity index (χ1) is 6.20. The van der Waals surface area contributed by atoms with Gasteiger partial charge in [-0.25, -0.2) is 0 Å². The second-order valence-corrected chi connectivity index (χ2v) is 3.49. The minimum atomic E-state index is 0.209. The predicted molar refractivity (Wildman–Crippen MR) is 52.6 cm³/mol. The van der Waals surface area contributed by atoms with Crippen molar-refractivity contribution in [2.45, 2.75) is 51.7 Å². The largest absolute Gasteiger partial charge is 0.396 e. The van der Waals surface area contributed by atoms with Gasteiger partial charge in [-0.3, -0.25) is 0 Å². The number of aliphatic hydroxyl groups is 2. The zero-order valence-electron chi connectivity index (χ0n) is 8.70. The van der Waals surface area contributed by atoms with Crippen molar-refractivity contribution in [1.82, 2.24) is 0 Å². The maximum atomic E-state index is 8.60. The number of hydrogen-bond acceptors (Lipinski definition) is 3.